The molecule has 0 fully saturated rings. The summed E-state index contributed by atoms with van der Waals surface area (Å²) in [6.45, 7) is 14.1. The molecule has 9 aromatic carbocycles. The van der Waals surface area contributed by atoms with Crippen molar-refractivity contribution in [2.45, 2.75) is 92.3 Å². The van der Waals surface area contributed by atoms with Crippen LogP contribution in [0, 0.1) is 5.92 Å². The van der Waals surface area contributed by atoms with E-state index in [0.29, 0.717) is 0 Å². The molecule has 2 spiro atoms. The van der Waals surface area contributed by atoms with E-state index >= 15 is 0 Å². The maximum Gasteiger partial charge on any atom is 0.131 e. The summed E-state index contributed by atoms with van der Waals surface area (Å²) in [6.07, 6.45) is 14.6. The minimum absolute atomic E-state index is 0.0548. The first-order valence-corrected chi connectivity index (χ1v) is 29.2. The summed E-state index contributed by atoms with van der Waals surface area (Å²) in [4.78, 5) is 5.22. The Kier molecular flexibility index (Phi) is 10.8. The molecule has 6 aliphatic rings. The highest BCUT2D eigenvalue weighted by molar-refractivity contribution is 7.99. The number of nitrogens with zero attached hydrogens (tertiary/aromatic N) is 1. The predicted octanol–water partition coefficient (Wildman–Crippen LogP) is 20.2. The van der Waals surface area contributed by atoms with Crippen LogP contribution in [-0.4, -0.2) is 0 Å². The third-order valence-corrected chi connectivity index (χ3v) is 19.4. The van der Waals surface area contributed by atoms with Crippen molar-refractivity contribution < 1.29 is 4.74 Å². The Balaban J connectivity index is 1.02. The topological polar surface area (TPSA) is 12.5 Å². The minimum atomic E-state index is -0.599. The first kappa shape index (κ1) is 48.1. The summed E-state index contributed by atoms with van der Waals surface area (Å²) in [5, 5.41) is 0. The van der Waals surface area contributed by atoms with Gasteiger partial charge in [-0.3, -0.25) is 0 Å². The molecule has 2 nitrogen and oxygen atoms in total. The van der Waals surface area contributed by atoms with Crippen LogP contribution in [0.1, 0.15) is 111 Å². The van der Waals surface area contributed by atoms with E-state index in [4.69, 9.17) is 4.74 Å². The van der Waals surface area contributed by atoms with E-state index in [1.54, 1.807) is 0 Å². The Morgan fingerprint density at radius 3 is 1.81 bits per heavy atom. The highest BCUT2D eigenvalue weighted by Crippen LogP contribution is 2.67. The summed E-state index contributed by atoms with van der Waals surface area (Å²) in [5.41, 5.74) is 24.3. The highest BCUT2D eigenvalue weighted by Gasteiger charge is 2.57. The summed E-state index contributed by atoms with van der Waals surface area (Å²) >= 11 is 1.93. The van der Waals surface area contributed by atoms with Gasteiger partial charge < -0.3 is 9.64 Å². The lowest BCUT2D eigenvalue weighted by atomic mass is 9.60. The first-order chi connectivity index (χ1) is 38.4. The van der Waals surface area contributed by atoms with E-state index in [1.807, 2.05) is 11.8 Å². The zero-order valence-electron chi connectivity index (χ0n) is 45.9. The van der Waals surface area contributed by atoms with Crippen LogP contribution < -0.4 is 9.64 Å². The summed E-state index contributed by atoms with van der Waals surface area (Å²) in [5.74, 6) is 2.29. The zero-order valence-corrected chi connectivity index (χ0v) is 46.7. The molecule has 0 bridgehead atoms. The average molecular weight is 1040 g/mol. The molecule has 15 rings (SSSR count). The number of allylic oxidation sites excluding steroid dienone is 8. The van der Waals surface area contributed by atoms with Gasteiger partial charge in [0.25, 0.3) is 0 Å². The number of anilines is 3. The van der Waals surface area contributed by atoms with Gasteiger partial charge in [0, 0.05) is 50.2 Å². The fourth-order valence-corrected chi connectivity index (χ4v) is 15.7. The van der Waals surface area contributed by atoms with E-state index in [2.05, 4.69) is 277 Å². The molecule has 3 heteroatoms. The van der Waals surface area contributed by atoms with Crippen molar-refractivity contribution in [3.8, 4) is 39.1 Å². The van der Waals surface area contributed by atoms with Gasteiger partial charge in [0.15, 0.2) is 0 Å². The van der Waals surface area contributed by atoms with Gasteiger partial charge in [0.05, 0.1) is 16.5 Å². The molecule has 0 N–H and O–H groups in total. The van der Waals surface area contributed by atoms with Crippen molar-refractivity contribution in [1.82, 2.24) is 0 Å². The molecule has 4 aliphatic carbocycles. The maximum absolute atomic E-state index is 6.94. The van der Waals surface area contributed by atoms with Crippen LogP contribution >= 0.6 is 11.8 Å². The molecular formula is C76H63NOS. The number of para-hydroxylation sites is 2. The molecule has 2 atom stereocenters. The second kappa shape index (κ2) is 17.7. The molecule has 0 saturated carbocycles. The molecule has 2 aliphatic heterocycles. The van der Waals surface area contributed by atoms with Gasteiger partial charge in [0.2, 0.25) is 0 Å². The molecule has 79 heavy (non-hydrogen) atoms. The van der Waals surface area contributed by atoms with E-state index in [1.165, 1.54) is 104 Å². The molecule has 0 amide bonds. The van der Waals surface area contributed by atoms with Crippen LogP contribution in [0.15, 0.2) is 252 Å². The Hall–Kier alpha value is -8.11. The lowest BCUT2D eigenvalue weighted by Crippen LogP contribution is -2.39. The van der Waals surface area contributed by atoms with Crippen LogP contribution in [0.5, 0.6) is 5.75 Å². The SMILES string of the molecule is CC(C)(C)c1ccc2c(c1)C1(c3cc(C(C)(C)C)ccc3S2)c2ccccc2-c2ccc(N(c3ccc4c(c3)C3(C5=C(CCC=C5)Oc5ccccc53)C3CC=CC=C43)c3ccccc3-c3ccc(-c4ccccc4)cc3)cc21. The number of hydrogen-bond acceptors (Lipinski definition) is 3. The number of benzene rings is 9. The zero-order chi connectivity index (χ0) is 53.4. The predicted molar refractivity (Wildman–Crippen MR) is 329 cm³/mol. The largest absolute Gasteiger partial charge is 0.461 e. The van der Waals surface area contributed by atoms with E-state index in [9.17, 15) is 0 Å². The van der Waals surface area contributed by atoms with Crippen molar-refractivity contribution in [1.29, 1.82) is 0 Å². The van der Waals surface area contributed by atoms with Crippen LogP contribution in [0.3, 0.4) is 0 Å². The van der Waals surface area contributed by atoms with Crippen LogP contribution in [-0.2, 0) is 21.7 Å². The maximum atomic E-state index is 6.94. The van der Waals surface area contributed by atoms with Crippen molar-refractivity contribution in [3.63, 3.8) is 0 Å². The van der Waals surface area contributed by atoms with E-state index in [0.717, 1.165) is 47.8 Å². The summed E-state index contributed by atoms with van der Waals surface area (Å²) in [6, 6.07) is 76.8. The van der Waals surface area contributed by atoms with Crippen molar-refractivity contribution in [2.75, 3.05) is 4.90 Å². The van der Waals surface area contributed by atoms with Gasteiger partial charge in [-0.2, -0.15) is 0 Å². The Morgan fingerprint density at radius 1 is 0.494 bits per heavy atom. The number of ether oxygens (including phenoxy) is 1. The van der Waals surface area contributed by atoms with Crippen molar-refractivity contribution >= 4 is 34.4 Å². The first-order valence-electron chi connectivity index (χ1n) is 28.4. The number of hydrogen-bond donors (Lipinski definition) is 0. The van der Waals surface area contributed by atoms with Crippen molar-refractivity contribution in [2.24, 2.45) is 5.92 Å². The highest BCUT2D eigenvalue weighted by atomic mass is 32.2. The van der Waals surface area contributed by atoms with E-state index < -0.39 is 10.8 Å². The smallest absolute Gasteiger partial charge is 0.131 e. The molecule has 2 unspecified atom stereocenters. The van der Waals surface area contributed by atoms with Crippen molar-refractivity contribution in [3.05, 3.63) is 292 Å². The van der Waals surface area contributed by atoms with Gasteiger partial charge in [-0.25, -0.2) is 0 Å². The van der Waals surface area contributed by atoms with Gasteiger partial charge in [-0.15, -0.1) is 0 Å². The quantitative estimate of drug-likeness (QED) is 0.170. The third kappa shape index (κ3) is 7.11. The lowest BCUT2D eigenvalue weighted by Gasteiger charge is -2.44. The summed E-state index contributed by atoms with van der Waals surface area (Å²) < 4.78 is 6.94. The van der Waals surface area contributed by atoms with Gasteiger partial charge in [-0.05, 0) is 150 Å². The summed E-state index contributed by atoms with van der Waals surface area (Å²) in [7, 11) is 0. The molecule has 0 saturated heterocycles. The monoisotopic (exact) mass is 1040 g/mol. The molecule has 384 valence electrons. The van der Waals surface area contributed by atoms with Crippen LogP contribution in [0.25, 0.3) is 39.0 Å². The van der Waals surface area contributed by atoms with E-state index in [-0.39, 0.29) is 16.7 Å². The molecule has 0 aromatic heterocycles. The number of rotatable bonds is 5. The second-order valence-corrected chi connectivity index (χ2v) is 25.7. The Bertz CT molecular complexity index is 4070. The average Bonchev–Trinajstić information content (AvgIpc) is 2.52. The Morgan fingerprint density at radius 2 is 1.09 bits per heavy atom. The van der Waals surface area contributed by atoms with Gasteiger partial charge >= 0.3 is 0 Å². The van der Waals surface area contributed by atoms with Gasteiger partial charge in [-0.1, -0.05) is 235 Å². The fraction of sp³-hybridized carbons (Fsp3) is 0.184. The Labute approximate surface area is 470 Å². The molecule has 2 heterocycles. The number of fused-ring (bicyclic) bond motifs is 17. The fourth-order valence-electron chi connectivity index (χ4n) is 14.5. The molecular weight excluding hydrogens is 975 g/mol. The van der Waals surface area contributed by atoms with Gasteiger partial charge in [0.1, 0.15) is 11.5 Å². The van der Waals surface area contributed by atoms with Crippen LogP contribution in [0.2, 0.25) is 0 Å². The third-order valence-electron chi connectivity index (χ3n) is 18.2. The standard InChI is InChI=1S/C76H63NOS/c1-73(2,3)51-36-42-71-66(44-51)76(67-45-52(74(4,5)6)37-43-72(67)79-71)61-26-14-11-24-57(61)59-41-39-54(47-65(59)76)77(68-29-17-12-22-55(68)50-34-32-49(33-35-50)48-20-8-7-9-21-48)53-38-40-58-56-23-10-13-25-60(56)75(64(58)46-53)62-27-15-18-30-69(62)78-70-31-19-16-28-63(70)75/h7-18,20-24,26-30,32-47,60H,19,25,31H2,1-6H3. The minimum Gasteiger partial charge on any atom is -0.461 e. The molecule has 0 radical (unpaired) electrons. The lowest BCUT2D eigenvalue weighted by molar-refractivity contribution is 0.332. The normalized spacial score (nSPS) is 18.6. The second-order valence-electron chi connectivity index (χ2n) is 24.6. The van der Waals surface area contributed by atoms with Crippen LogP contribution in [0.4, 0.5) is 17.1 Å². The molecule has 9 aromatic rings.